The zero-order chi connectivity index (χ0) is 15.9. The van der Waals surface area contributed by atoms with E-state index in [2.05, 4.69) is 15.3 Å². The normalized spacial score (nSPS) is 10.5. The number of hydrogen-bond donors (Lipinski definition) is 1. The summed E-state index contributed by atoms with van der Waals surface area (Å²) >= 11 is 0. The van der Waals surface area contributed by atoms with Crippen LogP contribution in [0, 0.1) is 12.8 Å². The Morgan fingerprint density at radius 3 is 2.45 bits per heavy atom. The molecule has 0 saturated heterocycles. The monoisotopic (exact) mass is 299 g/mol. The SMILES string of the molecule is CCC(CC)C(=O)Oc1ccc(Nc2cc(C)ncn2)cc1. The van der Waals surface area contributed by atoms with E-state index in [4.69, 9.17) is 4.74 Å². The maximum Gasteiger partial charge on any atom is 0.314 e. The summed E-state index contributed by atoms with van der Waals surface area (Å²) in [6.07, 6.45) is 3.10. The van der Waals surface area contributed by atoms with Crippen LogP contribution in [0.1, 0.15) is 32.4 Å². The molecule has 1 aromatic carbocycles. The molecule has 0 spiro atoms. The van der Waals surface area contributed by atoms with Crippen molar-refractivity contribution in [1.29, 1.82) is 0 Å². The molecule has 5 nitrogen and oxygen atoms in total. The van der Waals surface area contributed by atoms with E-state index in [0.717, 1.165) is 30.0 Å². The van der Waals surface area contributed by atoms with Crippen molar-refractivity contribution in [2.75, 3.05) is 5.32 Å². The average molecular weight is 299 g/mol. The number of nitrogens with one attached hydrogen (secondary N) is 1. The molecule has 0 amide bonds. The van der Waals surface area contributed by atoms with Gasteiger partial charge in [-0.15, -0.1) is 0 Å². The first-order valence-electron chi connectivity index (χ1n) is 7.49. The van der Waals surface area contributed by atoms with Crippen LogP contribution in [0.5, 0.6) is 5.75 Å². The molecular weight excluding hydrogens is 278 g/mol. The molecule has 0 atom stereocenters. The number of benzene rings is 1. The van der Waals surface area contributed by atoms with E-state index in [-0.39, 0.29) is 11.9 Å². The van der Waals surface area contributed by atoms with Gasteiger partial charge in [0.15, 0.2) is 0 Å². The summed E-state index contributed by atoms with van der Waals surface area (Å²) in [7, 11) is 0. The Kier molecular flexibility index (Phi) is 5.47. The Balaban J connectivity index is 2.00. The molecule has 0 bridgehead atoms. The predicted octanol–water partition coefficient (Wildman–Crippen LogP) is 3.87. The third-order valence-corrected chi connectivity index (χ3v) is 3.47. The number of hydrogen-bond acceptors (Lipinski definition) is 5. The van der Waals surface area contributed by atoms with Crippen LogP contribution in [0.25, 0.3) is 0 Å². The van der Waals surface area contributed by atoms with Crippen molar-refractivity contribution in [1.82, 2.24) is 9.97 Å². The van der Waals surface area contributed by atoms with E-state index < -0.39 is 0 Å². The van der Waals surface area contributed by atoms with Gasteiger partial charge in [0.25, 0.3) is 0 Å². The molecule has 116 valence electrons. The number of anilines is 2. The Hall–Kier alpha value is -2.43. The second-order valence-electron chi connectivity index (χ2n) is 5.13. The van der Waals surface area contributed by atoms with E-state index in [1.165, 1.54) is 6.33 Å². The van der Waals surface area contributed by atoms with Crippen molar-refractivity contribution in [2.24, 2.45) is 5.92 Å². The van der Waals surface area contributed by atoms with Gasteiger partial charge in [0.05, 0.1) is 5.92 Å². The summed E-state index contributed by atoms with van der Waals surface area (Å²) in [5.74, 6) is 1.08. The minimum atomic E-state index is -0.169. The fourth-order valence-electron chi connectivity index (χ4n) is 2.10. The third kappa shape index (κ3) is 4.28. The van der Waals surface area contributed by atoms with Crippen LogP contribution >= 0.6 is 0 Å². The molecule has 2 aromatic rings. The highest BCUT2D eigenvalue weighted by Gasteiger charge is 2.16. The number of aryl methyl sites for hydroxylation is 1. The lowest BCUT2D eigenvalue weighted by Gasteiger charge is -2.12. The first kappa shape index (κ1) is 15.9. The standard InChI is InChI=1S/C17H21N3O2/c1-4-13(5-2)17(21)22-15-8-6-14(7-9-15)20-16-10-12(3)18-11-19-16/h6-11,13H,4-5H2,1-3H3,(H,18,19,20). The molecule has 0 fully saturated rings. The van der Waals surface area contributed by atoms with Crippen LogP contribution in [-0.2, 0) is 4.79 Å². The van der Waals surface area contributed by atoms with Crippen molar-refractivity contribution in [3.8, 4) is 5.75 Å². The first-order chi connectivity index (χ1) is 10.6. The molecule has 1 aromatic heterocycles. The van der Waals surface area contributed by atoms with Gasteiger partial charge in [-0.25, -0.2) is 9.97 Å². The minimum Gasteiger partial charge on any atom is -0.426 e. The van der Waals surface area contributed by atoms with Gasteiger partial charge in [-0.1, -0.05) is 13.8 Å². The smallest absolute Gasteiger partial charge is 0.314 e. The van der Waals surface area contributed by atoms with Crippen molar-refractivity contribution in [3.63, 3.8) is 0 Å². The lowest BCUT2D eigenvalue weighted by molar-refractivity contribution is -0.139. The van der Waals surface area contributed by atoms with E-state index in [1.807, 2.05) is 39.0 Å². The third-order valence-electron chi connectivity index (χ3n) is 3.47. The number of nitrogens with zero attached hydrogens (tertiary/aromatic N) is 2. The van der Waals surface area contributed by atoms with Crippen LogP contribution in [0.2, 0.25) is 0 Å². The van der Waals surface area contributed by atoms with Gasteiger partial charge in [0.1, 0.15) is 17.9 Å². The van der Waals surface area contributed by atoms with E-state index in [9.17, 15) is 4.79 Å². The second kappa shape index (κ2) is 7.54. The van der Waals surface area contributed by atoms with Gasteiger partial charge < -0.3 is 10.1 Å². The summed E-state index contributed by atoms with van der Waals surface area (Å²) < 4.78 is 5.39. The molecule has 0 aliphatic carbocycles. The molecule has 0 aliphatic rings. The molecular formula is C17H21N3O2. The van der Waals surface area contributed by atoms with E-state index in [0.29, 0.717) is 5.75 Å². The summed E-state index contributed by atoms with van der Waals surface area (Å²) in [5, 5.41) is 3.18. The van der Waals surface area contributed by atoms with Crippen LogP contribution in [0.15, 0.2) is 36.7 Å². The first-order valence-corrected chi connectivity index (χ1v) is 7.49. The number of carbonyl (C=O) groups is 1. The summed E-state index contributed by atoms with van der Waals surface area (Å²) in [6.45, 7) is 5.89. The molecule has 5 heteroatoms. The van der Waals surface area contributed by atoms with Gasteiger partial charge >= 0.3 is 5.97 Å². The maximum absolute atomic E-state index is 11.9. The quantitative estimate of drug-likeness (QED) is 0.648. The van der Waals surface area contributed by atoms with E-state index in [1.54, 1.807) is 12.1 Å². The average Bonchev–Trinajstić information content (AvgIpc) is 2.50. The lowest BCUT2D eigenvalue weighted by atomic mass is 10.0. The number of aromatic nitrogens is 2. The number of ether oxygens (including phenoxy) is 1. The molecule has 22 heavy (non-hydrogen) atoms. The molecule has 0 saturated carbocycles. The molecule has 2 rings (SSSR count). The van der Waals surface area contributed by atoms with Gasteiger partial charge in [0.2, 0.25) is 0 Å². The highest BCUT2D eigenvalue weighted by Crippen LogP contribution is 2.20. The van der Waals surface area contributed by atoms with Crippen molar-refractivity contribution in [2.45, 2.75) is 33.6 Å². The predicted molar refractivity (Wildman–Crippen MR) is 86.2 cm³/mol. The van der Waals surface area contributed by atoms with Crippen molar-refractivity contribution >= 4 is 17.5 Å². The van der Waals surface area contributed by atoms with Gasteiger partial charge in [-0.05, 0) is 44.0 Å². The molecule has 0 radical (unpaired) electrons. The minimum absolute atomic E-state index is 0.0400. The van der Waals surface area contributed by atoms with Crippen LogP contribution < -0.4 is 10.1 Å². The fraction of sp³-hybridized carbons (Fsp3) is 0.353. The zero-order valence-electron chi connectivity index (χ0n) is 13.2. The number of carbonyl (C=O) groups excluding carboxylic acids is 1. The molecule has 0 unspecified atom stereocenters. The Bertz CT molecular complexity index is 622. The van der Waals surface area contributed by atoms with Gasteiger partial charge in [-0.3, -0.25) is 4.79 Å². The number of rotatable bonds is 6. The molecule has 0 aliphatic heterocycles. The second-order valence-corrected chi connectivity index (χ2v) is 5.13. The van der Waals surface area contributed by atoms with Crippen molar-refractivity contribution < 1.29 is 9.53 Å². The topological polar surface area (TPSA) is 64.1 Å². The Morgan fingerprint density at radius 1 is 1.18 bits per heavy atom. The number of esters is 1. The summed E-state index contributed by atoms with van der Waals surface area (Å²) in [5.41, 5.74) is 1.77. The molecule has 1 heterocycles. The Morgan fingerprint density at radius 2 is 1.86 bits per heavy atom. The Labute approximate surface area is 130 Å². The highest BCUT2D eigenvalue weighted by atomic mass is 16.5. The zero-order valence-corrected chi connectivity index (χ0v) is 13.2. The molecule has 1 N–H and O–H groups in total. The van der Waals surface area contributed by atoms with Gasteiger partial charge in [-0.2, -0.15) is 0 Å². The summed E-state index contributed by atoms with van der Waals surface area (Å²) in [6, 6.07) is 9.12. The van der Waals surface area contributed by atoms with Crippen molar-refractivity contribution in [3.05, 3.63) is 42.4 Å². The highest BCUT2D eigenvalue weighted by molar-refractivity contribution is 5.75. The summed E-state index contributed by atoms with van der Waals surface area (Å²) in [4.78, 5) is 20.1. The van der Waals surface area contributed by atoms with Crippen LogP contribution in [0.3, 0.4) is 0 Å². The van der Waals surface area contributed by atoms with Crippen LogP contribution in [0.4, 0.5) is 11.5 Å². The largest absolute Gasteiger partial charge is 0.426 e. The van der Waals surface area contributed by atoms with Gasteiger partial charge in [0, 0.05) is 17.4 Å². The lowest BCUT2D eigenvalue weighted by Crippen LogP contribution is -2.19. The van der Waals surface area contributed by atoms with E-state index >= 15 is 0 Å². The maximum atomic E-state index is 11.9. The fourth-order valence-corrected chi connectivity index (χ4v) is 2.10. The van der Waals surface area contributed by atoms with Crippen LogP contribution in [-0.4, -0.2) is 15.9 Å².